The van der Waals surface area contributed by atoms with E-state index in [-0.39, 0.29) is 11.8 Å². The molecule has 0 aliphatic rings. The Labute approximate surface area is 195 Å². The molecule has 0 fully saturated rings. The van der Waals surface area contributed by atoms with Gasteiger partial charge in [0.15, 0.2) is 0 Å². The topological polar surface area (TPSA) is 49.4 Å². The maximum atomic E-state index is 13.2. The van der Waals surface area contributed by atoms with Gasteiger partial charge in [0.05, 0.1) is 0 Å². The SMILES string of the molecule is CCCCNC(=O)C(CC)N(Cc1ccccc1C)C(=O)CCSc1ccc(Cl)cc1. The van der Waals surface area contributed by atoms with Crippen LogP contribution in [0.3, 0.4) is 0 Å². The molecule has 0 saturated heterocycles. The number of nitrogens with zero attached hydrogens (tertiary/aromatic N) is 1. The normalized spacial score (nSPS) is 11.7. The number of carbonyl (C=O) groups is 2. The number of aryl methyl sites for hydroxylation is 1. The highest BCUT2D eigenvalue weighted by atomic mass is 35.5. The van der Waals surface area contributed by atoms with Crippen molar-refractivity contribution in [2.75, 3.05) is 12.3 Å². The fourth-order valence-corrected chi connectivity index (χ4v) is 4.29. The van der Waals surface area contributed by atoms with E-state index in [2.05, 4.69) is 12.2 Å². The smallest absolute Gasteiger partial charge is 0.242 e. The summed E-state index contributed by atoms with van der Waals surface area (Å²) in [4.78, 5) is 29.0. The molecule has 0 saturated carbocycles. The Morgan fingerprint density at radius 1 is 1.10 bits per heavy atom. The Morgan fingerprint density at radius 2 is 1.81 bits per heavy atom. The van der Waals surface area contributed by atoms with Gasteiger partial charge in [0, 0.05) is 35.2 Å². The van der Waals surface area contributed by atoms with Crippen LogP contribution in [0.5, 0.6) is 0 Å². The number of amides is 2. The monoisotopic (exact) mass is 460 g/mol. The van der Waals surface area contributed by atoms with Crippen molar-refractivity contribution in [3.8, 4) is 0 Å². The fourth-order valence-electron chi connectivity index (χ4n) is 3.33. The van der Waals surface area contributed by atoms with Crippen LogP contribution in [0.4, 0.5) is 0 Å². The van der Waals surface area contributed by atoms with Crippen LogP contribution in [0, 0.1) is 6.92 Å². The number of thioether (sulfide) groups is 1. The molecule has 1 N–H and O–H groups in total. The second-order valence-electron chi connectivity index (χ2n) is 7.57. The third-order valence-electron chi connectivity index (χ3n) is 5.22. The third kappa shape index (κ3) is 8.23. The van der Waals surface area contributed by atoms with Crippen molar-refractivity contribution in [3.63, 3.8) is 0 Å². The lowest BCUT2D eigenvalue weighted by Crippen LogP contribution is -2.49. The van der Waals surface area contributed by atoms with Crippen LogP contribution < -0.4 is 5.32 Å². The van der Waals surface area contributed by atoms with Crippen molar-refractivity contribution in [1.82, 2.24) is 10.2 Å². The number of nitrogens with one attached hydrogen (secondary N) is 1. The highest BCUT2D eigenvalue weighted by Crippen LogP contribution is 2.22. The first-order valence-electron chi connectivity index (χ1n) is 11.0. The molecule has 1 unspecified atom stereocenters. The molecule has 0 bridgehead atoms. The van der Waals surface area contributed by atoms with Crippen LogP contribution in [0.1, 0.15) is 50.7 Å². The molecule has 6 heteroatoms. The highest BCUT2D eigenvalue weighted by molar-refractivity contribution is 7.99. The van der Waals surface area contributed by atoms with Crippen LogP contribution in [0.25, 0.3) is 0 Å². The van der Waals surface area contributed by atoms with Crippen LogP contribution in [-0.4, -0.2) is 35.1 Å². The molecular formula is C25H33ClN2O2S. The first-order valence-corrected chi connectivity index (χ1v) is 12.3. The minimum atomic E-state index is -0.468. The van der Waals surface area contributed by atoms with Gasteiger partial charge in [-0.05, 0) is 55.2 Å². The van der Waals surface area contributed by atoms with E-state index in [4.69, 9.17) is 11.6 Å². The van der Waals surface area contributed by atoms with Gasteiger partial charge in [0.25, 0.3) is 0 Å². The van der Waals surface area contributed by atoms with E-state index < -0.39 is 6.04 Å². The van der Waals surface area contributed by atoms with Crippen molar-refractivity contribution in [2.24, 2.45) is 0 Å². The molecule has 0 heterocycles. The van der Waals surface area contributed by atoms with E-state index in [1.54, 1.807) is 16.7 Å². The van der Waals surface area contributed by atoms with Crippen LogP contribution in [0.15, 0.2) is 53.4 Å². The molecule has 2 amide bonds. The summed E-state index contributed by atoms with van der Waals surface area (Å²) in [5.41, 5.74) is 2.19. The molecule has 0 aliphatic carbocycles. The zero-order valence-electron chi connectivity index (χ0n) is 18.7. The van der Waals surface area contributed by atoms with E-state index in [9.17, 15) is 9.59 Å². The Kier molecular flexibility index (Phi) is 11.0. The minimum Gasteiger partial charge on any atom is -0.354 e. The summed E-state index contributed by atoms with van der Waals surface area (Å²) in [7, 11) is 0. The number of carbonyl (C=O) groups excluding carboxylic acids is 2. The van der Waals surface area contributed by atoms with Gasteiger partial charge in [-0.15, -0.1) is 11.8 Å². The number of unbranched alkanes of at least 4 members (excludes halogenated alkanes) is 1. The zero-order valence-corrected chi connectivity index (χ0v) is 20.3. The average Bonchev–Trinajstić information content (AvgIpc) is 2.76. The van der Waals surface area contributed by atoms with Gasteiger partial charge in [-0.1, -0.05) is 56.1 Å². The van der Waals surface area contributed by atoms with E-state index in [1.165, 1.54) is 0 Å². The van der Waals surface area contributed by atoms with Crippen molar-refractivity contribution in [2.45, 2.75) is 63.9 Å². The highest BCUT2D eigenvalue weighted by Gasteiger charge is 2.28. The van der Waals surface area contributed by atoms with Gasteiger partial charge in [-0.3, -0.25) is 9.59 Å². The van der Waals surface area contributed by atoms with Crippen molar-refractivity contribution in [3.05, 3.63) is 64.7 Å². The fraction of sp³-hybridized carbons (Fsp3) is 0.440. The molecule has 0 aromatic heterocycles. The third-order valence-corrected chi connectivity index (χ3v) is 6.48. The Bertz CT molecular complexity index is 842. The molecule has 1 atom stereocenters. The number of halogens is 1. The lowest BCUT2D eigenvalue weighted by molar-refractivity contribution is -0.141. The molecular weight excluding hydrogens is 428 g/mol. The Morgan fingerprint density at radius 3 is 2.45 bits per heavy atom. The first kappa shape index (κ1) is 25.3. The number of hydrogen-bond donors (Lipinski definition) is 1. The molecule has 2 rings (SSSR count). The summed E-state index contributed by atoms with van der Waals surface area (Å²) in [6.45, 7) is 7.18. The first-order chi connectivity index (χ1) is 15.0. The maximum Gasteiger partial charge on any atom is 0.242 e. The molecule has 2 aromatic rings. The number of rotatable bonds is 12. The molecule has 31 heavy (non-hydrogen) atoms. The second kappa shape index (κ2) is 13.4. The average molecular weight is 461 g/mol. The molecule has 0 radical (unpaired) electrons. The van der Waals surface area contributed by atoms with Gasteiger partial charge >= 0.3 is 0 Å². The Hall–Kier alpha value is -1.98. The van der Waals surface area contributed by atoms with E-state index >= 15 is 0 Å². The summed E-state index contributed by atoms with van der Waals surface area (Å²) >= 11 is 7.57. The second-order valence-corrected chi connectivity index (χ2v) is 9.17. The number of hydrogen-bond acceptors (Lipinski definition) is 3. The van der Waals surface area contributed by atoms with Crippen LogP contribution in [-0.2, 0) is 16.1 Å². The molecule has 2 aromatic carbocycles. The lowest BCUT2D eigenvalue weighted by Gasteiger charge is -2.31. The van der Waals surface area contributed by atoms with Gasteiger partial charge in [-0.2, -0.15) is 0 Å². The van der Waals surface area contributed by atoms with E-state index in [0.717, 1.165) is 28.9 Å². The Balaban J connectivity index is 2.10. The predicted octanol–water partition coefficient (Wildman–Crippen LogP) is 5.85. The van der Waals surface area contributed by atoms with Gasteiger partial charge in [-0.25, -0.2) is 0 Å². The van der Waals surface area contributed by atoms with E-state index in [1.807, 2.05) is 62.4 Å². The quantitative estimate of drug-likeness (QED) is 0.319. The summed E-state index contributed by atoms with van der Waals surface area (Å²) < 4.78 is 0. The number of benzene rings is 2. The van der Waals surface area contributed by atoms with E-state index in [0.29, 0.717) is 36.7 Å². The zero-order chi connectivity index (χ0) is 22.6. The van der Waals surface area contributed by atoms with Crippen LogP contribution >= 0.6 is 23.4 Å². The largest absolute Gasteiger partial charge is 0.354 e. The van der Waals surface area contributed by atoms with Gasteiger partial charge in [0.1, 0.15) is 6.04 Å². The van der Waals surface area contributed by atoms with Crippen molar-refractivity contribution >= 4 is 35.2 Å². The maximum absolute atomic E-state index is 13.2. The van der Waals surface area contributed by atoms with Crippen molar-refractivity contribution in [1.29, 1.82) is 0 Å². The standard InChI is InChI=1S/C25H33ClN2O2S/c1-4-6-16-27-25(30)23(5-2)28(18-20-10-8-7-9-19(20)3)24(29)15-17-31-22-13-11-21(26)12-14-22/h7-14,23H,4-6,15-18H2,1-3H3,(H,27,30). The predicted molar refractivity (Wildman–Crippen MR) is 131 cm³/mol. The lowest BCUT2D eigenvalue weighted by atomic mass is 10.1. The van der Waals surface area contributed by atoms with Crippen LogP contribution in [0.2, 0.25) is 5.02 Å². The molecule has 0 aliphatic heterocycles. The summed E-state index contributed by atoms with van der Waals surface area (Å²) in [5.74, 6) is 0.587. The van der Waals surface area contributed by atoms with Gasteiger partial charge in [0.2, 0.25) is 11.8 Å². The molecule has 4 nitrogen and oxygen atoms in total. The minimum absolute atomic E-state index is 0.00204. The summed E-state index contributed by atoms with van der Waals surface area (Å²) in [6, 6.07) is 15.2. The summed E-state index contributed by atoms with van der Waals surface area (Å²) in [5, 5.41) is 3.71. The van der Waals surface area contributed by atoms with Gasteiger partial charge < -0.3 is 10.2 Å². The summed E-state index contributed by atoms with van der Waals surface area (Å²) in [6.07, 6.45) is 2.91. The molecule has 0 spiro atoms. The molecule has 168 valence electrons. The van der Waals surface area contributed by atoms with Crippen molar-refractivity contribution < 1.29 is 9.59 Å².